The maximum absolute atomic E-state index is 12.9. The number of nitrogens with zero attached hydrogens (tertiary/aromatic N) is 1. The second-order valence-electron chi connectivity index (χ2n) is 6.51. The number of benzene rings is 2. The lowest BCUT2D eigenvalue weighted by molar-refractivity contribution is 0.0734. The van der Waals surface area contributed by atoms with Crippen LogP contribution in [0.25, 0.3) is 0 Å². The summed E-state index contributed by atoms with van der Waals surface area (Å²) in [6.07, 6.45) is 2.66. The van der Waals surface area contributed by atoms with Gasteiger partial charge in [-0.3, -0.25) is 0 Å². The summed E-state index contributed by atoms with van der Waals surface area (Å²) >= 11 is 6.13. The standard InChI is InChI=1S/C19H18ClNO6S/c20-16-6-5-14(28(23,24)21-8-2-1-3-9-21)11-15(16)19(22)27-13-4-7-17-18(10-13)26-12-25-17/h4-7,10-11H,1-3,8-9,12H2. The zero-order chi connectivity index (χ0) is 19.7. The highest BCUT2D eigenvalue weighted by Crippen LogP contribution is 2.35. The highest BCUT2D eigenvalue weighted by atomic mass is 35.5. The molecule has 0 atom stereocenters. The Morgan fingerprint density at radius 3 is 2.54 bits per heavy atom. The maximum atomic E-state index is 12.9. The van der Waals surface area contributed by atoms with Crippen molar-refractivity contribution in [1.82, 2.24) is 4.31 Å². The molecule has 2 aromatic rings. The molecule has 0 aliphatic carbocycles. The molecule has 9 heteroatoms. The molecule has 0 unspecified atom stereocenters. The van der Waals surface area contributed by atoms with Crippen LogP contribution >= 0.6 is 11.6 Å². The van der Waals surface area contributed by atoms with Gasteiger partial charge in [0.15, 0.2) is 11.5 Å². The molecule has 0 amide bonds. The van der Waals surface area contributed by atoms with Gasteiger partial charge in [-0.25, -0.2) is 13.2 Å². The summed E-state index contributed by atoms with van der Waals surface area (Å²) in [5, 5.41) is 0.114. The largest absolute Gasteiger partial charge is 0.454 e. The van der Waals surface area contributed by atoms with Crippen LogP contribution in [0.3, 0.4) is 0 Å². The lowest BCUT2D eigenvalue weighted by atomic mass is 10.2. The third-order valence-corrected chi connectivity index (χ3v) is 6.89. The zero-order valence-electron chi connectivity index (χ0n) is 14.9. The van der Waals surface area contributed by atoms with E-state index in [4.69, 9.17) is 25.8 Å². The van der Waals surface area contributed by atoms with Gasteiger partial charge in [-0.2, -0.15) is 4.31 Å². The first-order valence-electron chi connectivity index (χ1n) is 8.87. The first kappa shape index (κ1) is 19.0. The molecule has 0 bridgehead atoms. The van der Waals surface area contributed by atoms with Crippen molar-refractivity contribution < 1.29 is 27.4 Å². The Balaban J connectivity index is 1.59. The number of rotatable bonds is 4. The fourth-order valence-electron chi connectivity index (χ4n) is 3.18. The highest BCUT2D eigenvalue weighted by molar-refractivity contribution is 7.89. The zero-order valence-corrected chi connectivity index (χ0v) is 16.5. The van der Waals surface area contributed by atoms with Crippen molar-refractivity contribution in [2.75, 3.05) is 19.9 Å². The first-order valence-corrected chi connectivity index (χ1v) is 10.7. The SMILES string of the molecule is O=C(Oc1ccc2c(c1)OCO2)c1cc(S(=O)(=O)N2CCCCC2)ccc1Cl. The summed E-state index contributed by atoms with van der Waals surface area (Å²) in [5.41, 5.74) is -0.0163. The Morgan fingerprint density at radius 1 is 1.00 bits per heavy atom. The number of sulfonamides is 1. The Labute approximate surface area is 167 Å². The molecule has 2 heterocycles. The van der Waals surface area contributed by atoms with Crippen molar-refractivity contribution in [2.24, 2.45) is 0 Å². The predicted molar refractivity (Wildman–Crippen MR) is 102 cm³/mol. The van der Waals surface area contributed by atoms with Gasteiger partial charge < -0.3 is 14.2 Å². The van der Waals surface area contributed by atoms with E-state index in [2.05, 4.69) is 0 Å². The van der Waals surface area contributed by atoms with Gasteiger partial charge in [0.1, 0.15) is 5.75 Å². The fourth-order valence-corrected chi connectivity index (χ4v) is 4.92. The molecule has 2 aliphatic rings. The quantitative estimate of drug-likeness (QED) is 0.553. The van der Waals surface area contributed by atoms with Crippen LogP contribution in [0.5, 0.6) is 17.2 Å². The summed E-state index contributed by atoms with van der Waals surface area (Å²) in [6.45, 7) is 1.05. The Bertz CT molecular complexity index is 1020. The number of ether oxygens (including phenoxy) is 3. The number of hydrogen-bond acceptors (Lipinski definition) is 6. The third kappa shape index (κ3) is 3.67. The molecule has 7 nitrogen and oxygen atoms in total. The van der Waals surface area contributed by atoms with Crippen molar-refractivity contribution >= 4 is 27.6 Å². The van der Waals surface area contributed by atoms with Crippen LogP contribution < -0.4 is 14.2 Å². The van der Waals surface area contributed by atoms with Gasteiger partial charge in [0.2, 0.25) is 16.8 Å². The second-order valence-corrected chi connectivity index (χ2v) is 8.86. The molecule has 0 saturated carbocycles. The topological polar surface area (TPSA) is 82.1 Å². The van der Waals surface area contributed by atoms with Gasteiger partial charge in [-0.15, -0.1) is 0 Å². The average Bonchev–Trinajstić information content (AvgIpc) is 3.16. The molecule has 28 heavy (non-hydrogen) atoms. The van der Waals surface area contributed by atoms with E-state index in [1.54, 1.807) is 12.1 Å². The second kappa shape index (κ2) is 7.62. The van der Waals surface area contributed by atoms with Crippen LogP contribution in [0.1, 0.15) is 29.6 Å². The average molecular weight is 424 g/mol. The number of hydrogen-bond donors (Lipinski definition) is 0. The molecule has 0 spiro atoms. The van der Waals surface area contributed by atoms with Crippen molar-refractivity contribution in [3.05, 3.63) is 47.0 Å². The predicted octanol–water partition coefficient (Wildman–Crippen LogP) is 3.46. The Morgan fingerprint density at radius 2 is 1.75 bits per heavy atom. The number of fused-ring (bicyclic) bond motifs is 1. The van der Waals surface area contributed by atoms with Crippen molar-refractivity contribution in [1.29, 1.82) is 0 Å². The van der Waals surface area contributed by atoms with Crippen molar-refractivity contribution in [3.8, 4) is 17.2 Å². The molecule has 148 valence electrons. The van der Waals surface area contributed by atoms with Gasteiger partial charge in [0.05, 0.1) is 15.5 Å². The van der Waals surface area contributed by atoms with Crippen LogP contribution in [0.4, 0.5) is 0 Å². The number of piperidine rings is 1. The van der Waals surface area contributed by atoms with E-state index in [9.17, 15) is 13.2 Å². The van der Waals surface area contributed by atoms with E-state index < -0.39 is 16.0 Å². The minimum Gasteiger partial charge on any atom is -0.454 e. The van der Waals surface area contributed by atoms with E-state index in [-0.39, 0.29) is 28.0 Å². The molecular formula is C19H18ClNO6S. The molecule has 0 radical (unpaired) electrons. The van der Waals surface area contributed by atoms with Crippen LogP contribution in [0.15, 0.2) is 41.3 Å². The monoisotopic (exact) mass is 423 g/mol. The van der Waals surface area contributed by atoms with E-state index in [1.807, 2.05) is 0 Å². The lowest BCUT2D eigenvalue weighted by Gasteiger charge is -2.26. The summed E-state index contributed by atoms with van der Waals surface area (Å²) in [4.78, 5) is 12.6. The van der Waals surface area contributed by atoms with Crippen LogP contribution in [-0.4, -0.2) is 38.6 Å². The normalized spacial score (nSPS) is 16.8. The number of carbonyl (C=O) groups is 1. The number of esters is 1. The molecule has 2 aliphatic heterocycles. The molecule has 2 aromatic carbocycles. The van der Waals surface area contributed by atoms with E-state index >= 15 is 0 Å². The van der Waals surface area contributed by atoms with E-state index in [0.717, 1.165) is 19.3 Å². The summed E-state index contributed by atoms with van der Waals surface area (Å²) in [7, 11) is -3.69. The molecular weight excluding hydrogens is 406 g/mol. The highest BCUT2D eigenvalue weighted by Gasteiger charge is 2.27. The van der Waals surface area contributed by atoms with E-state index in [1.165, 1.54) is 28.6 Å². The van der Waals surface area contributed by atoms with Crippen LogP contribution in [-0.2, 0) is 10.0 Å². The minimum atomic E-state index is -3.69. The first-order chi connectivity index (χ1) is 13.4. The summed E-state index contributed by atoms with van der Waals surface area (Å²) in [6, 6.07) is 8.79. The number of halogens is 1. The fraction of sp³-hybridized carbons (Fsp3) is 0.316. The van der Waals surface area contributed by atoms with E-state index in [0.29, 0.717) is 24.6 Å². The Hall–Kier alpha value is -2.29. The third-order valence-electron chi connectivity index (χ3n) is 4.67. The Kier molecular flexibility index (Phi) is 5.18. The minimum absolute atomic E-state index is 0.0163. The van der Waals surface area contributed by atoms with Gasteiger partial charge in [0.25, 0.3) is 0 Å². The number of carbonyl (C=O) groups excluding carboxylic acids is 1. The van der Waals surface area contributed by atoms with Crippen LogP contribution in [0.2, 0.25) is 5.02 Å². The lowest BCUT2D eigenvalue weighted by Crippen LogP contribution is -2.35. The molecule has 1 saturated heterocycles. The van der Waals surface area contributed by atoms with Gasteiger partial charge >= 0.3 is 5.97 Å². The molecule has 0 aromatic heterocycles. The maximum Gasteiger partial charge on any atom is 0.345 e. The van der Waals surface area contributed by atoms with Gasteiger partial charge in [-0.1, -0.05) is 18.0 Å². The smallest absolute Gasteiger partial charge is 0.345 e. The molecule has 4 rings (SSSR count). The van der Waals surface area contributed by atoms with Crippen LogP contribution in [0, 0.1) is 0 Å². The molecule has 1 fully saturated rings. The van der Waals surface area contributed by atoms with Crippen molar-refractivity contribution in [3.63, 3.8) is 0 Å². The van der Waals surface area contributed by atoms with Gasteiger partial charge in [0, 0.05) is 19.2 Å². The van der Waals surface area contributed by atoms with Crippen molar-refractivity contribution in [2.45, 2.75) is 24.2 Å². The summed E-state index contributed by atoms with van der Waals surface area (Å²) < 4.78 is 43.0. The van der Waals surface area contributed by atoms with Gasteiger partial charge in [-0.05, 0) is 43.2 Å². The summed E-state index contributed by atoms with van der Waals surface area (Å²) in [5.74, 6) is 0.527. The molecule has 0 N–H and O–H groups in total.